The molecular weight excluding hydrogens is 333 g/mol. The van der Waals surface area contributed by atoms with Crippen molar-refractivity contribution >= 4 is 17.3 Å². The number of nitrogens with one attached hydrogen (secondary N) is 1. The SMILES string of the molecule is COC(=O)c1cc(C(F)(F)F)ccc1Nc1ccc(F)c(F)c1C. The molecule has 0 saturated carbocycles. The topological polar surface area (TPSA) is 38.3 Å². The molecule has 0 heterocycles. The van der Waals surface area contributed by atoms with Crippen LogP contribution >= 0.6 is 0 Å². The van der Waals surface area contributed by atoms with Crippen molar-refractivity contribution < 1.29 is 31.5 Å². The lowest BCUT2D eigenvalue weighted by atomic mass is 10.1. The van der Waals surface area contributed by atoms with Gasteiger partial charge in [-0.15, -0.1) is 0 Å². The number of alkyl halides is 3. The first kappa shape index (κ1) is 17.7. The molecule has 0 fully saturated rings. The first-order valence-electron chi connectivity index (χ1n) is 6.66. The Morgan fingerprint density at radius 2 is 1.71 bits per heavy atom. The number of hydrogen-bond acceptors (Lipinski definition) is 3. The number of benzene rings is 2. The molecule has 3 nitrogen and oxygen atoms in total. The second-order valence-corrected chi connectivity index (χ2v) is 4.91. The van der Waals surface area contributed by atoms with E-state index in [1.54, 1.807) is 0 Å². The number of rotatable bonds is 3. The van der Waals surface area contributed by atoms with Gasteiger partial charge in [-0.2, -0.15) is 13.2 Å². The Morgan fingerprint density at radius 1 is 1.08 bits per heavy atom. The monoisotopic (exact) mass is 345 g/mol. The summed E-state index contributed by atoms with van der Waals surface area (Å²) in [7, 11) is 1.02. The van der Waals surface area contributed by atoms with E-state index >= 15 is 0 Å². The quantitative estimate of drug-likeness (QED) is 0.640. The van der Waals surface area contributed by atoms with Crippen LogP contribution in [0.2, 0.25) is 0 Å². The van der Waals surface area contributed by atoms with Crippen LogP contribution in [0.5, 0.6) is 0 Å². The maximum Gasteiger partial charge on any atom is 0.416 e. The molecule has 0 aromatic heterocycles. The van der Waals surface area contributed by atoms with E-state index in [-0.39, 0.29) is 22.5 Å². The van der Waals surface area contributed by atoms with Gasteiger partial charge in [-0.25, -0.2) is 13.6 Å². The van der Waals surface area contributed by atoms with Crippen LogP contribution in [0.15, 0.2) is 30.3 Å². The van der Waals surface area contributed by atoms with Crippen molar-refractivity contribution in [2.45, 2.75) is 13.1 Å². The van der Waals surface area contributed by atoms with Gasteiger partial charge in [0.05, 0.1) is 23.9 Å². The lowest BCUT2D eigenvalue weighted by Crippen LogP contribution is -2.11. The summed E-state index contributed by atoms with van der Waals surface area (Å²) in [6.07, 6.45) is -4.64. The van der Waals surface area contributed by atoms with Crippen LogP contribution in [0.3, 0.4) is 0 Å². The van der Waals surface area contributed by atoms with Gasteiger partial charge in [0, 0.05) is 11.3 Å². The van der Waals surface area contributed by atoms with Crippen molar-refractivity contribution in [3.05, 3.63) is 58.7 Å². The smallest absolute Gasteiger partial charge is 0.416 e. The minimum absolute atomic E-state index is 0.0241. The summed E-state index contributed by atoms with van der Waals surface area (Å²) in [6, 6.07) is 4.50. The fourth-order valence-electron chi connectivity index (χ4n) is 2.04. The largest absolute Gasteiger partial charge is 0.465 e. The average Bonchev–Trinajstić information content (AvgIpc) is 2.54. The highest BCUT2D eigenvalue weighted by atomic mass is 19.4. The van der Waals surface area contributed by atoms with E-state index in [9.17, 15) is 26.7 Å². The second kappa shape index (κ2) is 6.46. The first-order valence-corrected chi connectivity index (χ1v) is 6.66. The minimum Gasteiger partial charge on any atom is -0.465 e. The standard InChI is InChI=1S/C16H12F5NO2/c1-8-12(6-4-11(17)14(8)18)22-13-5-3-9(16(19,20)21)7-10(13)15(23)24-2/h3-7,22H,1-2H3. The molecule has 2 aromatic carbocycles. The highest BCUT2D eigenvalue weighted by Crippen LogP contribution is 2.33. The van der Waals surface area contributed by atoms with Crippen LogP contribution in [0.4, 0.5) is 33.3 Å². The van der Waals surface area contributed by atoms with Crippen LogP contribution in [-0.4, -0.2) is 13.1 Å². The predicted octanol–water partition coefficient (Wildman–Crippen LogP) is 4.82. The van der Waals surface area contributed by atoms with Gasteiger partial charge in [0.25, 0.3) is 0 Å². The molecule has 128 valence electrons. The summed E-state index contributed by atoms with van der Waals surface area (Å²) in [5.74, 6) is -3.14. The molecule has 0 unspecified atom stereocenters. The van der Waals surface area contributed by atoms with E-state index in [0.29, 0.717) is 6.07 Å². The third kappa shape index (κ3) is 3.47. The number of esters is 1. The molecule has 0 amide bonds. The van der Waals surface area contributed by atoms with Crippen molar-refractivity contribution in [1.82, 2.24) is 0 Å². The van der Waals surface area contributed by atoms with Crippen molar-refractivity contribution in [1.29, 1.82) is 0 Å². The number of anilines is 2. The Hall–Kier alpha value is -2.64. The molecule has 2 aromatic rings. The average molecular weight is 345 g/mol. The molecule has 0 radical (unpaired) electrons. The normalized spacial score (nSPS) is 11.3. The Bertz CT molecular complexity index is 787. The zero-order valence-corrected chi connectivity index (χ0v) is 12.6. The van der Waals surface area contributed by atoms with E-state index in [0.717, 1.165) is 25.3 Å². The van der Waals surface area contributed by atoms with Crippen LogP contribution < -0.4 is 5.32 Å². The van der Waals surface area contributed by atoms with Crippen molar-refractivity contribution in [2.75, 3.05) is 12.4 Å². The summed E-state index contributed by atoms with van der Waals surface area (Å²) >= 11 is 0. The zero-order chi connectivity index (χ0) is 18.1. The summed E-state index contributed by atoms with van der Waals surface area (Å²) in [5, 5.41) is 2.63. The van der Waals surface area contributed by atoms with Crippen LogP contribution in [0.25, 0.3) is 0 Å². The van der Waals surface area contributed by atoms with E-state index in [1.165, 1.54) is 13.0 Å². The van der Waals surface area contributed by atoms with Gasteiger partial charge < -0.3 is 10.1 Å². The second-order valence-electron chi connectivity index (χ2n) is 4.91. The van der Waals surface area contributed by atoms with Gasteiger partial charge in [-0.05, 0) is 37.3 Å². The summed E-state index contributed by atoms with van der Waals surface area (Å²) in [5.41, 5.74) is -1.40. The van der Waals surface area contributed by atoms with Gasteiger partial charge in [-0.1, -0.05) is 0 Å². The van der Waals surface area contributed by atoms with Gasteiger partial charge in [-0.3, -0.25) is 0 Å². The highest BCUT2D eigenvalue weighted by molar-refractivity contribution is 5.96. The van der Waals surface area contributed by atoms with Gasteiger partial charge in [0.1, 0.15) is 0 Å². The van der Waals surface area contributed by atoms with E-state index in [4.69, 9.17) is 0 Å². The molecule has 1 N–H and O–H groups in total. The Labute approximate surface area is 134 Å². The molecule has 0 atom stereocenters. The van der Waals surface area contributed by atoms with Crippen molar-refractivity contribution in [2.24, 2.45) is 0 Å². The highest BCUT2D eigenvalue weighted by Gasteiger charge is 2.32. The molecule has 8 heteroatoms. The van der Waals surface area contributed by atoms with Crippen LogP contribution in [0, 0.1) is 18.6 Å². The number of methoxy groups -OCH3 is 1. The van der Waals surface area contributed by atoms with E-state index in [2.05, 4.69) is 10.1 Å². The molecule has 0 aliphatic heterocycles. The predicted molar refractivity (Wildman–Crippen MR) is 77.2 cm³/mol. The summed E-state index contributed by atoms with van der Waals surface area (Å²) in [6.45, 7) is 1.29. The molecule has 0 spiro atoms. The van der Waals surface area contributed by atoms with E-state index in [1.807, 2.05) is 0 Å². The summed E-state index contributed by atoms with van der Waals surface area (Å²) in [4.78, 5) is 11.7. The van der Waals surface area contributed by atoms with E-state index < -0.39 is 29.3 Å². The number of carbonyl (C=O) groups excluding carboxylic acids is 1. The molecule has 0 bridgehead atoms. The number of carbonyl (C=O) groups is 1. The fraction of sp³-hybridized carbons (Fsp3) is 0.188. The number of hydrogen-bond donors (Lipinski definition) is 1. The first-order chi connectivity index (χ1) is 11.1. The van der Waals surface area contributed by atoms with Gasteiger partial charge >= 0.3 is 12.1 Å². The maximum atomic E-state index is 13.6. The summed E-state index contributed by atoms with van der Waals surface area (Å²) < 4.78 is 69.6. The molecule has 0 saturated heterocycles. The number of halogens is 5. The Balaban J connectivity index is 2.50. The van der Waals surface area contributed by atoms with Crippen LogP contribution in [-0.2, 0) is 10.9 Å². The molecule has 2 rings (SSSR count). The third-order valence-electron chi connectivity index (χ3n) is 3.36. The lowest BCUT2D eigenvalue weighted by Gasteiger charge is -2.15. The minimum atomic E-state index is -4.64. The lowest BCUT2D eigenvalue weighted by molar-refractivity contribution is -0.137. The van der Waals surface area contributed by atoms with Gasteiger partial charge in [0.2, 0.25) is 0 Å². The zero-order valence-electron chi connectivity index (χ0n) is 12.6. The number of ether oxygens (including phenoxy) is 1. The molecular formula is C16H12F5NO2. The molecule has 24 heavy (non-hydrogen) atoms. The Morgan fingerprint density at radius 3 is 2.29 bits per heavy atom. The fourth-order valence-corrected chi connectivity index (χ4v) is 2.04. The third-order valence-corrected chi connectivity index (χ3v) is 3.36. The van der Waals surface area contributed by atoms with Crippen LogP contribution in [0.1, 0.15) is 21.5 Å². The van der Waals surface area contributed by atoms with Crippen molar-refractivity contribution in [3.8, 4) is 0 Å². The molecule has 0 aliphatic carbocycles. The maximum absolute atomic E-state index is 13.6. The van der Waals surface area contributed by atoms with Crippen molar-refractivity contribution in [3.63, 3.8) is 0 Å². The Kier molecular flexibility index (Phi) is 4.77. The molecule has 0 aliphatic rings. The van der Waals surface area contributed by atoms with Gasteiger partial charge in [0.15, 0.2) is 11.6 Å².